The Hall–Kier alpha value is -2.28. The number of amides is 1. The van der Waals surface area contributed by atoms with Gasteiger partial charge in [0.2, 0.25) is 0 Å². The Morgan fingerprint density at radius 1 is 1.14 bits per heavy atom. The molecule has 0 aromatic heterocycles. The second-order valence-corrected chi connectivity index (χ2v) is 8.25. The van der Waals surface area contributed by atoms with E-state index in [-0.39, 0.29) is 12.3 Å². The molecule has 0 aliphatic carbocycles. The molecule has 0 saturated heterocycles. The summed E-state index contributed by atoms with van der Waals surface area (Å²) in [6.45, 7) is 4.27. The van der Waals surface area contributed by atoms with Crippen molar-refractivity contribution in [3.63, 3.8) is 0 Å². The average molecular weight is 407 g/mol. The van der Waals surface area contributed by atoms with Gasteiger partial charge in [-0.15, -0.1) is 11.6 Å². The van der Waals surface area contributed by atoms with Crippen molar-refractivity contribution in [1.29, 1.82) is 0 Å². The van der Waals surface area contributed by atoms with Crippen LogP contribution in [0.5, 0.6) is 5.75 Å². The molecular formula is C21H27ClN2O4. The molecule has 0 bridgehead atoms. The van der Waals surface area contributed by atoms with E-state index in [4.69, 9.17) is 16.7 Å². The highest BCUT2D eigenvalue weighted by atomic mass is 35.5. The van der Waals surface area contributed by atoms with Gasteiger partial charge in [0.05, 0.1) is 17.0 Å². The molecule has 0 saturated carbocycles. The maximum Gasteiger partial charge on any atom is 0.404 e. The fraction of sp³-hybridized carbons (Fsp3) is 0.381. The van der Waals surface area contributed by atoms with E-state index in [1.807, 2.05) is 50.2 Å². The normalized spacial score (nSPS) is 13.7. The van der Waals surface area contributed by atoms with Gasteiger partial charge in [0.25, 0.3) is 0 Å². The van der Waals surface area contributed by atoms with Gasteiger partial charge in [-0.3, -0.25) is 0 Å². The predicted octanol–water partition coefficient (Wildman–Crippen LogP) is 3.20. The summed E-state index contributed by atoms with van der Waals surface area (Å²) >= 11 is 6.32. The van der Waals surface area contributed by atoms with Gasteiger partial charge in [0.15, 0.2) is 0 Å². The van der Waals surface area contributed by atoms with Gasteiger partial charge in [0.1, 0.15) is 5.75 Å². The fourth-order valence-corrected chi connectivity index (χ4v) is 3.04. The van der Waals surface area contributed by atoms with Crippen molar-refractivity contribution < 1.29 is 20.1 Å². The number of nitrogens with one attached hydrogen (secondary N) is 2. The molecule has 6 nitrogen and oxygen atoms in total. The number of benzene rings is 2. The number of phenolic OH excluding ortho intramolecular Hbond substituents is 1. The smallest absolute Gasteiger partial charge is 0.404 e. The van der Waals surface area contributed by atoms with E-state index < -0.39 is 23.1 Å². The van der Waals surface area contributed by atoms with Gasteiger partial charge in [-0.1, -0.05) is 36.4 Å². The van der Waals surface area contributed by atoms with Crippen molar-refractivity contribution in [2.75, 3.05) is 6.54 Å². The zero-order chi connectivity index (χ0) is 20.7. The summed E-state index contributed by atoms with van der Waals surface area (Å²) in [7, 11) is 0. The number of carbonyl (C=O) groups is 1. The molecular weight excluding hydrogens is 380 g/mol. The number of aliphatic hydroxyl groups excluding tert-OH is 1. The minimum atomic E-state index is -1.18. The van der Waals surface area contributed by atoms with Crippen LogP contribution in [0.2, 0.25) is 0 Å². The number of alkyl halides is 1. The zero-order valence-corrected chi connectivity index (χ0v) is 16.8. The molecule has 152 valence electrons. The lowest BCUT2D eigenvalue weighted by atomic mass is 9.99. The molecule has 2 aromatic rings. The minimum absolute atomic E-state index is 0.123. The summed E-state index contributed by atoms with van der Waals surface area (Å²) in [5, 5.41) is 34.9. The summed E-state index contributed by atoms with van der Waals surface area (Å²) in [6.07, 6.45) is -1.72. The van der Waals surface area contributed by atoms with Crippen LogP contribution in [0.4, 0.5) is 4.79 Å². The van der Waals surface area contributed by atoms with Crippen LogP contribution in [0.15, 0.2) is 48.5 Å². The number of aromatic hydroxyl groups is 1. The first-order chi connectivity index (χ1) is 13.1. The van der Waals surface area contributed by atoms with Crippen LogP contribution in [-0.4, -0.2) is 40.1 Å². The third kappa shape index (κ3) is 7.03. The Morgan fingerprint density at radius 3 is 2.43 bits per heavy atom. The van der Waals surface area contributed by atoms with Gasteiger partial charge in [-0.2, -0.15) is 0 Å². The largest absolute Gasteiger partial charge is 0.508 e. The predicted molar refractivity (Wildman–Crippen MR) is 110 cm³/mol. The van der Waals surface area contributed by atoms with Crippen molar-refractivity contribution in [3.05, 3.63) is 65.2 Å². The fourth-order valence-electron chi connectivity index (χ4n) is 2.94. The summed E-state index contributed by atoms with van der Waals surface area (Å²) in [6, 6.07) is 13.9. The lowest BCUT2D eigenvalue weighted by molar-refractivity contribution is 0.117. The summed E-state index contributed by atoms with van der Waals surface area (Å²) in [5.41, 5.74) is 2.55. The second-order valence-electron chi connectivity index (χ2n) is 7.30. The van der Waals surface area contributed by atoms with Crippen molar-refractivity contribution in [2.45, 2.75) is 43.8 Å². The molecule has 1 unspecified atom stereocenters. The molecule has 7 heteroatoms. The molecule has 0 aliphatic heterocycles. The SMILES string of the molecule is CC(C)(Cl)c1cc(O)cc(CNC[C@@H](O)C(Cc2ccccc2)NC(=O)O)c1. The van der Waals surface area contributed by atoms with Gasteiger partial charge in [-0.05, 0) is 49.1 Å². The highest BCUT2D eigenvalue weighted by Gasteiger charge is 2.22. The van der Waals surface area contributed by atoms with Gasteiger partial charge >= 0.3 is 6.09 Å². The van der Waals surface area contributed by atoms with Gasteiger partial charge in [0, 0.05) is 13.1 Å². The van der Waals surface area contributed by atoms with E-state index in [9.17, 15) is 15.0 Å². The molecule has 0 aliphatic rings. The highest BCUT2D eigenvalue weighted by molar-refractivity contribution is 6.23. The van der Waals surface area contributed by atoms with Crippen LogP contribution < -0.4 is 10.6 Å². The molecule has 28 heavy (non-hydrogen) atoms. The van der Waals surface area contributed by atoms with Crippen LogP contribution >= 0.6 is 11.6 Å². The molecule has 0 spiro atoms. The van der Waals surface area contributed by atoms with Crippen molar-refractivity contribution >= 4 is 17.7 Å². The van der Waals surface area contributed by atoms with E-state index in [0.29, 0.717) is 13.0 Å². The van der Waals surface area contributed by atoms with E-state index in [1.165, 1.54) is 0 Å². The minimum Gasteiger partial charge on any atom is -0.508 e. The first-order valence-electron chi connectivity index (χ1n) is 9.09. The molecule has 5 N–H and O–H groups in total. The lowest BCUT2D eigenvalue weighted by Crippen LogP contribution is -2.48. The summed E-state index contributed by atoms with van der Waals surface area (Å²) in [5.74, 6) is 0.123. The first-order valence-corrected chi connectivity index (χ1v) is 9.47. The third-order valence-corrected chi connectivity index (χ3v) is 4.64. The maximum absolute atomic E-state index is 11.1. The lowest BCUT2D eigenvalue weighted by Gasteiger charge is -2.24. The number of hydrogen-bond acceptors (Lipinski definition) is 4. The highest BCUT2D eigenvalue weighted by Crippen LogP contribution is 2.31. The van der Waals surface area contributed by atoms with E-state index in [2.05, 4.69) is 10.6 Å². The first kappa shape index (κ1) is 22.0. The van der Waals surface area contributed by atoms with Crippen molar-refractivity contribution in [2.24, 2.45) is 0 Å². The Balaban J connectivity index is 1.97. The number of rotatable bonds is 9. The van der Waals surface area contributed by atoms with Gasteiger partial charge < -0.3 is 26.0 Å². The molecule has 0 radical (unpaired) electrons. The van der Waals surface area contributed by atoms with Crippen molar-refractivity contribution in [1.82, 2.24) is 10.6 Å². The second kappa shape index (κ2) is 9.78. The molecule has 2 rings (SSSR count). The van der Waals surface area contributed by atoms with Crippen LogP contribution in [0.1, 0.15) is 30.5 Å². The number of carboxylic acid groups (broad SMARTS) is 1. The summed E-state index contributed by atoms with van der Waals surface area (Å²) < 4.78 is 0. The monoisotopic (exact) mass is 406 g/mol. The van der Waals surface area contributed by atoms with E-state index in [1.54, 1.807) is 12.1 Å². The quantitative estimate of drug-likeness (QED) is 0.411. The molecule has 2 aromatic carbocycles. The Labute approximate surface area is 170 Å². The number of halogens is 1. The average Bonchev–Trinajstić information content (AvgIpc) is 2.60. The van der Waals surface area contributed by atoms with Crippen LogP contribution in [0.3, 0.4) is 0 Å². The number of aliphatic hydroxyl groups is 1. The summed E-state index contributed by atoms with van der Waals surface area (Å²) in [4.78, 5) is 10.5. The molecule has 0 heterocycles. The zero-order valence-electron chi connectivity index (χ0n) is 16.0. The number of phenols is 1. The third-order valence-electron chi connectivity index (χ3n) is 4.42. The van der Waals surface area contributed by atoms with Gasteiger partial charge in [-0.25, -0.2) is 4.79 Å². The standard InChI is InChI=1S/C21H27ClN2O4/c1-21(2,22)16-8-15(9-17(25)11-16)12-23-13-19(26)18(24-20(27)28)10-14-6-4-3-5-7-14/h3-9,11,18-19,23-26H,10,12-13H2,1-2H3,(H,27,28)/t18?,19-/m1/s1. The molecule has 2 atom stereocenters. The van der Waals surface area contributed by atoms with Crippen LogP contribution in [0.25, 0.3) is 0 Å². The molecule has 1 amide bonds. The Morgan fingerprint density at radius 2 is 1.82 bits per heavy atom. The molecule has 0 fully saturated rings. The Bertz CT molecular complexity index is 778. The maximum atomic E-state index is 11.1. The van der Waals surface area contributed by atoms with Crippen LogP contribution in [0, 0.1) is 0 Å². The van der Waals surface area contributed by atoms with Crippen LogP contribution in [-0.2, 0) is 17.8 Å². The van der Waals surface area contributed by atoms with E-state index >= 15 is 0 Å². The number of hydrogen-bond donors (Lipinski definition) is 5. The van der Waals surface area contributed by atoms with Crippen molar-refractivity contribution in [3.8, 4) is 5.75 Å². The Kier molecular flexibility index (Phi) is 7.69. The topological polar surface area (TPSA) is 102 Å². The van der Waals surface area contributed by atoms with E-state index in [0.717, 1.165) is 16.7 Å².